The predicted molar refractivity (Wildman–Crippen MR) is 102 cm³/mol. The van der Waals surface area contributed by atoms with E-state index in [1.165, 1.54) is 0 Å². The van der Waals surface area contributed by atoms with E-state index in [4.69, 9.17) is 9.47 Å². The number of ether oxygens (including phenoxy) is 2. The van der Waals surface area contributed by atoms with Gasteiger partial charge >= 0.3 is 0 Å². The molecule has 3 nitrogen and oxygen atoms in total. The maximum Gasteiger partial charge on any atom is 0.127 e. The van der Waals surface area contributed by atoms with E-state index >= 15 is 0 Å². The smallest absolute Gasteiger partial charge is 0.127 e. The van der Waals surface area contributed by atoms with Crippen molar-refractivity contribution in [2.24, 2.45) is 0 Å². The minimum atomic E-state index is 0.466. The van der Waals surface area contributed by atoms with Gasteiger partial charge in [-0.1, -0.05) is 42.5 Å². The predicted octanol–water partition coefficient (Wildman–Crippen LogP) is 4.92. The van der Waals surface area contributed by atoms with Crippen molar-refractivity contribution in [2.45, 2.75) is 0 Å². The van der Waals surface area contributed by atoms with Gasteiger partial charge in [-0.15, -0.1) is 0 Å². The largest absolute Gasteiger partial charge is 0.497 e. The number of hydrogen-bond acceptors (Lipinski definition) is 3. The molecule has 3 aromatic carbocycles. The van der Waals surface area contributed by atoms with Gasteiger partial charge in [-0.25, -0.2) is 0 Å². The van der Waals surface area contributed by atoms with E-state index in [0.717, 1.165) is 39.3 Å². The maximum absolute atomic E-state index is 9.25. The van der Waals surface area contributed by atoms with Crippen molar-refractivity contribution >= 4 is 11.1 Å². The minimum absolute atomic E-state index is 0.466. The van der Waals surface area contributed by atoms with Crippen LogP contribution >= 0.6 is 0 Å². The topological polar surface area (TPSA) is 42.2 Å². The molecule has 1 heterocycles. The number of rotatable bonds is 3. The Morgan fingerprint density at radius 3 is 2.50 bits per heavy atom. The summed E-state index contributed by atoms with van der Waals surface area (Å²) in [5.74, 6) is 1.70. The van der Waals surface area contributed by atoms with Crippen molar-refractivity contribution in [2.75, 3.05) is 13.7 Å². The summed E-state index contributed by atoms with van der Waals surface area (Å²) in [6.07, 6.45) is 0. The Labute approximate surface area is 152 Å². The van der Waals surface area contributed by atoms with E-state index in [1.54, 1.807) is 7.11 Å². The van der Waals surface area contributed by atoms with Crippen LogP contribution in [0, 0.1) is 11.3 Å². The molecule has 0 radical (unpaired) electrons. The van der Waals surface area contributed by atoms with Crippen LogP contribution < -0.4 is 9.47 Å². The molecule has 0 spiro atoms. The van der Waals surface area contributed by atoms with Crippen LogP contribution in [0.4, 0.5) is 0 Å². The monoisotopic (exact) mass is 339 g/mol. The summed E-state index contributed by atoms with van der Waals surface area (Å²) in [7, 11) is 1.66. The SMILES string of the molecule is COc1ccc(C2=C(c3cccc(C#N)c3)COc3ccccc32)cc1. The van der Waals surface area contributed by atoms with Gasteiger partial charge in [-0.2, -0.15) is 5.26 Å². The maximum atomic E-state index is 9.25. The van der Waals surface area contributed by atoms with Gasteiger partial charge in [0.05, 0.1) is 18.7 Å². The fourth-order valence-electron chi connectivity index (χ4n) is 3.28. The summed E-state index contributed by atoms with van der Waals surface area (Å²) >= 11 is 0. The average Bonchev–Trinajstić information content (AvgIpc) is 2.73. The number of benzene rings is 3. The Bertz CT molecular complexity index is 1030. The molecule has 0 aliphatic carbocycles. The highest BCUT2D eigenvalue weighted by Crippen LogP contribution is 2.41. The van der Waals surface area contributed by atoms with E-state index in [9.17, 15) is 5.26 Å². The Morgan fingerprint density at radius 1 is 0.923 bits per heavy atom. The van der Waals surface area contributed by atoms with Gasteiger partial charge in [0.2, 0.25) is 0 Å². The van der Waals surface area contributed by atoms with E-state index in [1.807, 2.05) is 54.6 Å². The second kappa shape index (κ2) is 6.78. The molecule has 126 valence electrons. The first-order valence-corrected chi connectivity index (χ1v) is 8.40. The number of hydrogen-bond donors (Lipinski definition) is 0. The minimum Gasteiger partial charge on any atom is -0.497 e. The molecule has 0 N–H and O–H groups in total. The van der Waals surface area contributed by atoms with E-state index < -0.39 is 0 Å². The Kier molecular flexibility index (Phi) is 4.17. The number of nitrogens with zero attached hydrogens (tertiary/aromatic N) is 1. The summed E-state index contributed by atoms with van der Waals surface area (Å²) < 4.78 is 11.3. The van der Waals surface area contributed by atoms with Crippen LogP contribution in [-0.2, 0) is 0 Å². The van der Waals surface area contributed by atoms with Gasteiger partial charge in [-0.3, -0.25) is 0 Å². The second-order valence-electron chi connectivity index (χ2n) is 6.06. The van der Waals surface area contributed by atoms with Crippen LogP contribution in [0.1, 0.15) is 22.3 Å². The van der Waals surface area contributed by atoms with Gasteiger partial charge in [0.1, 0.15) is 18.1 Å². The van der Waals surface area contributed by atoms with Crippen LogP contribution in [0.2, 0.25) is 0 Å². The molecule has 1 aliphatic heterocycles. The van der Waals surface area contributed by atoms with Crippen molar-refractivity contribution in [1.82, 2.24) is 0 Å². The lowest BCUT2D eigenvalue weighted by Crippen LogP contribution is -2.11. The lowest BCUT2D eigenvalue weighted by Gasteiger charge is -2.25. The van der Waals surface area contributed by atoms with E-state index in [0.29, 0.717) is 12.2 Å². The molecule has 0 atom stereocenters. The molecule has 3 aromatic rings. The molecular weight excluding hydrogens is 322 g/mol. The molecule has 3 heteroatoms. The fraction of sp³-hybridized carbons (Fsp3) is 0.0870. The highest BCUT2D eigenvalue weighted by Gasteiger charge is 2.22. The molecular formula is C23H17NO2. The quantitative estimate of drug-likeness (QED) is 0.680. The van der Waals surface area contributed by atoms with Crippen LogP contribution in [0.3, 0.4) is 0 Å². The van der Waals surface area contributed by atoms with Crippen LogP contribution in [0.5, 0.6) is 11.5 Å². The molecule has 0 amide bonds. The fourth-order valence-corrected chi connectivity index (χ4v) is 3.28. The molecule has 0 saturated carbocycles. The standard InChI is InChI=1S/C23H17NO2/c1-25-19-11-9-17(10-12-19)23-20-7-2-3-8-22(20)26-15-21(23)18-6-4-5-16(13-18)14-24/h2-13H,15H2,1H3. The zero-order valence-corrected chi connectivity index (χ0v) is 14.4. The first-order valence-electron chi connectivity index (χ1n) is 8.40. The molecule has 0 saturated heterocycles. The third kappa shape index (κ3) is 2.82. The van der Waals surface area contributed by atoms with Crippen molar-refractivity contribution in [3.63, 3.8) is 0 Å². The van der Waals surface area contributed by atoms with Crippen LogP contribution in [0.25, 0.3) is 11.1 Å². The molecule has 1 aliphatic rings. The van der Waals surface area contributed by atoms with Gasteiger partial charge in [-0.05, 0) is 47.0 Å². The summed E-state index contributed by atoms with van der Waals surface area (Å²) in [5, 5.41) is 9.25. The third-order valence-electron chi connectivity index (χ3n) is 4.55. The molecule has 0 unspecified atom stereocenters. The van der Waals surface area contributed by atoms with Crippen molar-refractivity contribution < 1.29 is 9.47 Å². The second-order valence-corrected chi connectivity index (χ2v) is 6.06. The molecule has 0 bridgehead atoms. The van der Waals surface area contributed by atoms with Gasteiger partial charge < -0.3 is 9.47 Å². The summed E-state index contributed by atoms with van der Waals surface area (Å²) in [5.41, 5.74) is 6.00. The van der Waals surface area contributed by atoms with Crippen LogP contribution in [-0.4, -0.2) is 13.7 Å². The zero-order valence-electron chi connectivity index (χ0n) is 14.4. The first-order chi connectivity index (χ1) is 12.8. The molecule has 26 heavy (non-hydrogen) atoms. The molecule has 0 aromatic heterocycles. The Balaban J connectivity index is 1.96. The van der Waals surface area contributed by atoms with Gasteiger partial charge in [0.25, 0.3) is 0 Å². The Hall–Kier alpha value is -3.51. The first kappa shape index (κ1) is 16.0. The lowest BCUT2D eigenvalue weighted by molar-refractivity contribution is 0.365. The van der Waals surface area contributed by atoms with E-state index in [-0.39, 0.29) is 0 Å². The average molecular weight is 339 g/mol. The molecule has 0 fully saturated rings. The molecule has 4 rings (SSSR count). The van der Waals surface area contributed by atoms with Crippen molar-refractivity contribution in [1.29, 1.82) is 5.26 Å². The zero-order chi connectivity index (χ0) is 17.9. The highest BCUT2D eigenvalue weighted by molar-refractivity contribution is 6.01. The van der Waals surface area contributed by atoms with Crippen molar-refractivity contribution in [3.8, 4) is 17.6 Å². The highest BCUT2D eigenvalue weighted by atomic mass is 16.5. The number of para-hydroxylation sites is 1. The summed E-state index contributed by atoms with van der Waals surface area (Å²) in [6.45, 7) is 0.466. The third-order valence-corrected chi connectivity index (χ3v) is 4.55. The summed E-state index contributed by atoms with van der Waals surface area (Å²) in [4.78, 5) is 0. The number of fused-ring (bicyclic) bond motifs is 1. The van der Waals surface area contributed by atoms with E-state index in [2.05, 4.69) is 24.3 Å². The van der Waals surface area contributed by atoms with Gasteiger partial charge in [0, 0.05) is 11.1 Å². The van der Waals surface area contributed by atoms with Crippen LogP contribution in [0.15, 0.2) is 72.8 Å². The van der Waals surface area contributed by atoms with Crippen molar-refractivity contribution in [3.05, 3.63) is 95.1 Å². The Morgan fingerprint density at radius 2 is 1.73 bits per heavy atom. The lowest BCUT2D eigenvalue weighted by atomic mass is 9.87. The number of nitriles is 1. The normalized spacial score (nSPS) is 12.8. The summed E-state index contributed by atoms with van der Waals surface area (Å²) in [6, 6.07) is 26.0. The van der Waals surface area contributed by atoms with Gasteiger partial charge in [0.15, 0.2) is 0 Å². The number of methoxy groups -OCH3 is 1.